The molecule has 1 aromatic carbocycles. The number of hydrogen-bond donors (Lipinski definition) is 5. The Balaban J connectivity index is 1.93. The van der Waals surface area contributed by atoms with Crippen LogP contribution in [-0.2, 0) is 17.8 Å². The fraction of sp³-hybridized carbons (Fsp3) is 0.611. The van der Waals surface area contributed by atoms with Gasteiger partial charge in [0.2, 0.25) is 0 Å². The lowest BCUT2D eigenvalue weighted by atomic mass is 9.81. The SMILES string of the molecule is CNC(CCCCB(O)O)(CCN1CCc2c(O)cccc2C1)C(=O)O. The normalized spacial score (nSPS) is 16.7. The summed E-state index contributed by atoms with van der Waals surface area (Å²) in [6.45, 7) is 2.14. The molecule has 0 radical (unpaired) electrons. The summed E-state index contributed by atoms with van der Waals surface area (Å²) >= 11 is 0. The summed E-state index contributed by atoms with van der Waals surface area (Å²) in [5.41, 5.74) is 1.07. The van der Waals surface area contributed by atoms with Crippen LogP contribution in [0.5, 0.6) is 5.75 Å². The van der Waals surface area contributed by atoms with Crippen LogP contribution in [0.25, 0.3) is 0 Å². The molecule has 8 heteroatoms. The quantitative estimate of drug-likeness (QED) is 0.309. The number of unbranched alkanes of at least 4 members (excludes halogenated alkanes) is 1. The second kappa shape index (κ2) is 9.37. The number of phenols is 1. The van der Waals surface area contributed by atoms with Crippen molar-refractivity contribution in [2.45, 2.75) is 50.5 Å². The number of carboxylic acid groups (broad SMARTS) is 1. The number of hydrogen-bond acceptors (Lipinski definition) is 6. The van der Waals surface area contributed by atoms with Crippen molar-refractivity contribution in [3.05, 3.63) is 29.3 Å². The number of likely N-dealkylation sites (N-methyl/N-ethyl adjacent to an activating group) is 1. The van der Waals surface area contributed by atoms with E-state index in [4.69, 9.17) is 10.0 Å². The van der Waals surface area contributed by atoms with E-state index in [0.29, 0.717) is 44.5 Å². The lowest BCUT2D eigenvalue weighted by Gasteiger charge is -2.34. The number of nitrogens with zero attached hydrogens (tertiary/aromatic N) is 1. The van der Waals surface area contributed by atoms with Crippen LogP contribution in [0.15, 0.2) is 18.2 Å². The maximum Gasteiger partial charge on any atom is 0.451 e. The third-order valence-corrected chi connectivity index (χ3v) is 5.38. The number of phenolic OH excluding ortho intramolecular Hbond substituents is 1. The predicted molar refractivity (Wildman–Crippen MR) is 100.0 cm³/mol. The molecule has 0 spiro atoms. The fourth-order valence-corrected chi connectivity index (χ4v) is 3.64. The van der Waals surface area contributed by atoms with Crippen molar-refractivity contribution in [1.29, 1.82) is 0 Å². The van der Waals surface area contributed by atoms with Gasteiger partial charge in [-0.3, -0.25) is 9.69 Å². The van der Waals surface area contributed by atoms with Crippen LogP contribution in [0, 0.1) is 0 Å². The molecule has 144 valence electrons. The molecule has 2 rings (SSSR count). The summed E-state index contributed by atoms with van der Waals surface area (Å²) in [7, 11) is 0.326. The zero-order chi connectivity index (χ0) is 19.2. The number of nitrogens with one attached hydrogen (secondary N) is 1. The number of rotatable bonds is 10. The van der Waals surface area contributed by atoms with E-state index in [0.717, 1.165) is 24.1 Å². The van der Waals surface area contributed by atoms with Crippen LogP contribution in [0.3, 0.4) is 0 Å². The van der Waals surface area contributed by atoms with Crippen molar-refractivity contribution in [2.75, 3.05) is 20.1 Å². The summed E-state index contributed by atoms with van der Waals surface area (Å²) in [6, 6.07) is 5.54. The van der Waals surface area contributed by atoms with Crippen molar-refractivity contribution in [3.63, 3.8) is 0 Å². The molecule has 0 saturated carbocycles. The third-order valence-electron chi connectivity index (χ3n) is 5.38. The molecule has 5 N–H and O–H groups in total. The first-order valence-corrected chi connectivity index (χ1v) is 9.18. The van der Waals surface area contributed by atoms with Gasteiger partial charge in [-0.2, -0.15) is 0 Å². The lowest BCUT2D eigenvalue weighted by Crippen LogP contribution is -2.52. The second-order valence-corrected chi connectivity index (χ2v) is 7.05. The molecule has 0 saturated heterocycles. The van der Waals surface area contributed by atoms with E-state index in [1.807, 2.05) is 12.1 Å². The first-order chi connectivity index (χ1) is 12.4. The van der Waals surface area contributed by atoms with Crippen LogP contribution in [0.4, 0.5) is 0 Å². The summed E-state index contributed by atoms with van der Waals surface area (Å²) in [6.07, 6.45) is 3.11. The topological polar surface area (TPSA) is 113 Å². The van der Waals surface area contributed by atoms with Gasteiger partial charge in [0.1, 0.15) is 11.3 Å². The van der Waals surface area contributed by atoms with Gasteiger partial charge < -0.3 is 25.6 Å². The second-order valence-electron chi connectivity index (χ2n) is 7.05. The van der Waals surface area contributed by atoms with Gasteiger partial charge in [0.05, 0.1) is 0 Å². The number of benzene rings is 1. The minimum atomic E-state index is -1.34. The first kappa shape index (κ1) is 20.7. The maximum absolute atomic E-state index is 11.9. The Bertz CT molecular complexity index is 613. The van der Waals surface area contributed by atoms with Gasteiger partial charge >= 0.3 is 13.1 Å². The molecule has 1 atom stereocenters. The molecule has 1 unspecified atom stereocenters. The number of aromatic hydroxyl groups is 1. The predicted octanol–water partition coefficient (Wildman–Crippen LogP) is 0.826. The Morgan fingerprint density at radius 1 is 1.31 bits per heavy atom. The van der Waals surface area contributed by atoms with E-state index in [2.05, 4.69) is 10.2 Å². The molecule has 0 aliphatic carbocycles. The van der Waals surface area contributed by atoms with Gasteiger partial charge in [-0.15, -0.1) is 0 Å². The molecule has 7 nitrogen and oxygen atoms in total. The Kier molecular flexibility index (Phi) is 7.46. The summed E-state index contributed by atoms with van der Waals surface area (Å²) in [5.74, 6) is -0.539. The molecule has 1 aromatic rings. The highest BCUT2D eigenvalue weighted by Crippen LogP contribution is 2.28. The number of fused-ring (bicyclic) bond motifs is 1. The Labute approximate surface area is 154 Å². The number of carboxylic acids is 1. The van der Waals surface area contributed by atoms with E-state index in [1.165, 1.54) is 0 Å². The molecule has 26 heavy (non-hydrogen) atoms. The van der Waals surface area contributed by atoms with Crippen molar-refractivity contribution in [2.24, 2.45) is 0 Å². The summed E-state index contributed by atoms with van der Waals surface area (Å²) in [4.78, 5) is 14.1. The van der Waals surface area contributed by atoms with Crippen molar-refractivity contribution in [1.82, 2.24) is 10.2 Å². The number of carbonyl (C=O) groups is 1. The van der Waals surface area contributed by atoms with Crippen LogP contribution >= 0.6 is 0 Å². The van der Waals surface area contributed by atoms with Gasteiger partial charge in [-0.25, -0.2) is 0 Å². The fourth-order valence-electron chi connectivity index (χ4n) is 3.64. The Hall–Kier alpha value is -1.61. The van der Waals surface area contributed by atoms with Crippen molar-refractivity contribution < 1.29 is 25.1 Å². The lowest BCUT2D eigenvalue weighted by molar-refractivity contribution is -0.145. The Morgan fingerprint density at radius 2 is 2.08 bits per heavy atom. The highest BCUT2D eigenvalue weighted by molar-refractivity contribution is 6.40. The minimum Gasteiger partial charge on any atom is -0.508 e. The summed E-state index contributed by atoms with van der Waals surface area (Å²) in [5, 5.41) is 40.5. The van der Waals surface area contributed by atoms with E-state index < -0.39 is 18.6 Å². The van der Waals surface area contributed by atoms with Crippen molar-refractivity contribution in [3.8, 4) is 5.75 Å². The largest absolute Gasteiger partial charge is 0.508 e. The van der Waals surface area contributed by atoms with Crippen LogP contribution in [-0.4, -0.2) is 63.9 Å². The molecule has 1 aliphatic heterocycles. The minimum absolute atomic E-state index is 0.256. The molecule has 1 heterocycles. The smallest absolute Gasteiger partial charge is 0.451 e. The van der Waals surface area contributed by atoms with E-state index in [-0.39, 0.29) is 6.32 Å². The van der Waals surface area contributed by atoms with E-state index >= 15 is 0 Å². The molecular formula is C18H29BN2O5. The van der Waals surface area contributed by atoms with Gasteiger partial charge in [-0.05, 0) is 49.8 Å². The molecule has 0 fully saturated rings. The van der Waals surface area contributed by atoms with Crippen LogP contribution < -0.4 is 5.32 Å². The van der Waals surface area contributed by atoms with Crippen LogP contribution in [0.2, 0.25) is 6.32 Å². The van der Waals surface area contributed by atoms with Gasteiger partial charge in [0, 0.05) is 19.6 Å². The highest BCUT2D eigenvalue weighted by atomic mass is 16.4. The highest BCUT2D eigenvalue weighted by Gasteiger charge is 2.36. The summed E-state index contributed by atoms with van der Waals surface area (Å²) < 4.78 is 0. The maximum atomic E-state index is 11.9. The van der Waals surface area contributed by atoms with E-state index in [9.17, 15) is 15.0 Å². The number of aliphatic carboxylic acids is 1. The average molecular weight is 364 g/mol. The van der Waals surface area contributed by atoms with Gasteiger partial charge in [-0.1, -0.05) is 25.0 Å². The third kappa shape index (κ3) is 5.20. The van der Waals surface area contributed by atoms with Crippen molar-refractivity contribution >= 4 is 13.1 Å². The van der Waals surface area contributed by atoms with Gasteiger partial charge in [0.25, 0.3) is 0 Å². The average Bonchev–Trinajstić information content (AvgIpc) is 2.61. The zero-order valence-corrected chi connectivity index (χ0v) is 15.3. The van der Waals surface area contributed by atoms with Gasteiger partial charge in [0.15, 0.2) is 0 Å². The zero-order valence-electron chi connectivity index (χ0n) is 15.3. The Morgan fingerprint density at radius 3 is 2.73 bits per heavy atom. The van der Waals surface area contributed by atoms with E-state index in [1.54, 1.807) is 13.1 Å². The molecule has 0 amide bonds. The van der Waals surface area contributed by atoms with Crippen LogP contribution in [0.1, 0.15) is 36.8 Å². The molecule has 1 aliphatic rings. The monoisotopic (exact) mass is 364 g/mol. The first-order valence-electron chi connectivity index (χ1n) is 9.18. The molecule has 0 aromatic heterocycles. The standard InChI is InChI=1S/C18H29BN2O5/c1-20-18(17(23)24,8-2-3-10-19(25)26)9-12-21-11-7-15-14(13-21)5-4-6-16(15)22/h4-6,20,22,25-26H,2-3,7-13H2,1H3,(H,23,24). The molecular weight excluding hydrogens is 335 g/mol. The molecule has 0 bridgehead atoms.